The van der Waals surface area contributed by atoms with E-state index < -0.39 is 0 Å². The van der Waals surface area contributed by atoms with Crippen LogP contribution in [-0.4, -0.2) is 36.9 Å². The number of hydrogen-bond acceptors (Lipinski definition) is 3. The molecular weight excluding hydrogens is 328 g/mol. The number of anilines is 1. The van der Waals surface area contributed by atoms with E-state index in [0.29, 0.717) is 30.1 Å². The van der Waals surface area contributed by atoms with Crippen LogP contribution in [0.25, 0.3) is 6.08 Å². The van der Waals surface area contributed by atoms with Crippen molar-refractivity contribution < 1.29 is 14.3 Å². The number of carbonyl (C=O) groups is 2. The molecule has 0 bridgehead atoms. The van der Waals surface area contributed by atoms with Crippen molar-refractivity contribution in [2.24, 2.45) is 0 Å². The van der Waals surface area contributed by atoms with Crippen molar-refractivity contribution >= 4 is 23.6 Å². The Morgan fingerprint density at radius 2 is 1.69 bits per heavy atom. The fourth-order valence-corrected chi connectivity index (χ4v) is 2.54. The summed E-state index contributed by atoms with van der Waals surface area (Å²) in [5, 5.41) is 2.78. The lowest BCUT2D eigenvalue weighted by Gasteiger charge is -2.18. The zero-order chi connectivity index (χ0) is 18.9. The molecule has 5 nitrogen and oxygen atoms in total. The van der Waals surface area contributed by atoms with Gasteiger partial charge in [0.25, 0.3) is 5.91 Å². The first-order chi connectivity index (χ1) is 12.6. The molecule has 0 unspecified atom stereocenters. The van der Waals surface area contributed by atoms with Crippen LogP contribution in [0.2, 0.25) is 0 Å². The average molecular weight is 352 g/mol. The molecule has 0 radical (unpaired) electrons. The number of benzene rings is 2. The highest BCUT2D eigenvalue weighted by molar-refractivity contribution is 6.02. The monoisotopic (exact) mass is 352 g/mol. The minimum absolute atomic E-state index is 0.0102. The van der Waals surface area contributed by atoms with Crippen LogP contribution in [-0.2, 0) is 4.79 Å². The summed E-state index contributed by atoms with van der Waals surface area (Å²) in [5.74, 6) is 0.443. The normalized spacial score (nSPS) is 10.6. The summed E-state index contributed by atoms with van der Waals surface area (Å²) >= 11 is 0. The first-order valence-corrected chi connectivity index (χ1v) is 8.60. The van der Waals surface area contributed by atoms with Crippen LogP contribution in [0.1, 0.15) is 29.8 Å². The topological polar surface area (TPSA) is 58.6 Å². The zero-order valence-corrected chi connectivity index (χ0v) is 15.4. The number of ether oxygens (including phenoxy) is 1. The Kier molecular flexibility index (Phi) is 6.97. The first kappa shape index (κ1) is 19.2. The molecule has 0 saturated carbocycles. The van der Waals surface area contributed by atoms with Crippen LogP contribution < -0.4 is 10.1 Å². The highest BCUT2D eigenvalue weighted by atomic mass is 16.5. The van der Waals surface area contributed by atoms with Gasteiger partial charge in [-0.25, -0.2) is 0 Å². The molecule has 2 aromatic rings. The largest absolute Gasteiger partial charge is 0.496 e. The predicted octanol–water partition coefficient (Wildman–Crippen LogP) is 3.83. The first-order valence-electron chi connectivity index (χ1n) is 8.60. The third-order valence-corrected chi connectivity index (χ3v) is 4.00. The van der Waals surface area contributed by atoms with Crippen LogP contribution >= 0.6 is 0 Å². The van der Waals surface area contributed by atoms with Gasteiger partial charge in [-0.3, -0.25) is 9.59 Å². The van der Waals surface area contributed by atoms with Gasteiger partial charge >= 0.3 is 0 Å². The second-order valence-electron chi connectivity index (χ2n) is 5.62. The molecule has 0 fully saturated rings. The van der Waals surface area contributed by atoms with Crippen LogP contribution in [0, 0.1) is 0 Å². The van der Waals surface area contributed by atoms with Gasteiger partial charge in [-0.2, -0.15) is 0 Å². The Balaban J connectivity index is 2.01. The van der Waals surface area contributed by atoms with Gasteiger partial charge in [0.15, 0.2) is 0 Å². The van der Waals surface area contributed by atoms with E-state index in [2.05, 4.69) is 5.32 Å². The minimum atomic E-state index is -0.251. The van der Waals surface area contributed by atoms with E-state index in [1.54, 1.807) is 42.4 Å². The van der Waals surface area contributed by atoms with Crippen molar-refractivity contribution in [1.29, 1.82) is 0 Å². The number of nitrogens with zero attached hydrogens (tertiary/aromatic N) is 1. The van der Waals surface area contributed by atoms with Crippen molar-refractivity contribution in [3.05, 3.63) is 65.7 Å². The predicted molar refractivity (Wildman–Crippen MR) is 104 cm³/mol. The van der Waals surface area contributed by atoms with Gasteiger partial charge in [-0.15, -0.1) is 0 Å². The van der Waals surface area contributed by atoms with Gasteiger partial charge < -0.3 is 15.0 Å². The maximum atomic E-state index is 12.3. The summed E-state index contributed by atoms with van der Waals surface area (Å²) in [4.78, 5) is 26.1. The van der Waals surface area contributed by atoms with Crippen molar-refractivity contribution in [1.82, 2.24) is 4.90 Å². The molecule has 136 valence electrons. The van der Waals surface area contributed by atoms with Crippen molar-refractivity contribution in [3.63, 3.8) is 0 Å². The Bertz CT molecular complexity index is 778. The van der Waals surface area contributed by atoms with Crippen molar-refractivity contribution in [2.45, 2.75) is 13.8 Å². The number of nitrogens with one attached hydrogen (secondary N) is 1. The molecule has 0 aliphatic heterocycles. The Hall–Kier alpha value is -3.08. The molecule has 0 aliphatic rings. The van der Waals surface area contributed by atoms with Gasteiger partial charge in [-0.05, 0) is 50.3 Å². The van der Waals surface area contributed by atoms with Gasteiger partial charge in [0.05, 0.1) is 7.11 Å². The number of amides is 2. The standard InChI is InChI=1S/C21H24N2O3/c1-4-23(5-2)21(25)17-10-13-18(14-11-17)22-20(24)15-12-16-8-6-7-9-19(16)26-3/h6-15H,4-5H2,1-3H3,(H,22,24)/b15-12+. The quantitative estimate of drug-likeness (QED) is 0.771. The fourth-order valence-electron chi connectivity index (χ4n) is 2.54. The van der Waals surface area contributed by atoms with Crippen molar-refractivity contribution in [2.75, 3.05) is 25.5 Å². The van der Waals surface area contributed by atoms with E-state index in [1.807, 2.05) is 38.1 Å². The second kappa shape index (κ2) is 9.42. The Morgan fingerprint density at radius 3 is 2.31 bits per heavy atom. The third kappa shape index (κ3) is 4.96. The van der Waals surface area contributed by atoms with Gasteiger partial charge in [0, 0.05) is 36.0 Å². The third-order valence-electron chi connectivity index (χ3n) is 4.00. The van der Waals surface area contributed by atoms with Crippen LogP contribution in [0.3, 0.4) is 0 Å². The van der Waals surface area contributed by atoms with E-state index in [4.69, 9.17) is 4.74 Å². The molecule has 2 amide bonds. The van der Waals surface area contributed by atoms with E-state index in [1.165, 1.54) is 6.08 Å². The summed E-state index contributed by atoms with van der Waals surface area (Å²) < 4.78 is 5.25. The maximum absolute atomic E-state index is 12.3. The van der Waals surface area contributed by atoms with Gasteiger partial charge in [0.1, 0.15) is 5.75 Å². The molecule has 1 N–H and O–H groups in total. The molecular formula is C21H24N2O3. The lowest BCUT2D eigenvalue weighted by atomic mass is 10.1. The zero-order valence-electron chi connectivity index (χ0n) is 15.4. The molecule has 2 rings (SSSR count). The van der Waals surface area contributed by atoms with E-state index in [0.717, 1.165) is 5.56 Å². The summed E-state index contributed by atoms with van der Waals surface area (Å²) in [6, 6.07) is 14.4. The maximum Gasteiger partial charge on any atom is 0.253 e. The number of para-hydroxylation sites is 1. The SMILES string of the molecule is CCN(CC)C(=O)c1ccc(NC(=O)/C=C/c2ccccc2OC)cc1. The highest BCUT2D eigenvalue weighted by Crippen LogP contribution is 2.18. The summed E-state index contributed by atoms with van der Waals surface area (Å²) in [6.45, 7) is 5.23. The smallest absolute Gasteiger partial charge is 0.253 e. The number of methoxy groups -OCH3 is 1. The van der Waals surface area contributed by atoms with Crippen LogP contribution in [0.4, 0.5) is 5.69 Å². The average Bonchev–Trinajstić information content (AvgIpc) is 2.68. The number of carbonyl (C=O) groups excluding carboxylic acids is 2. The molecule has 0 aromatic heterocycles. The molecule has 0 aliphatic carbocycles. The molecule has 0 saturated heterocycles. The summed E-state index contributed by atoms with van der Waals surface area (Å²) in [6.07, 6.45) is 3.15. The molecule has 2 aromatic carbocycles. The fraction of sp³-hybridized carbons (Fsp3) is 0.238. The van der Waals surface area contributed by atoms with Gasteiger partial charge in [-0.1, -0.05) is 18.2 Å². The summed E-state index contributed by atoms with van der Waals surface area (Å²) in [5.41, 5.74) is 2.07. The molecule has 0 heterocycles. The Labute approximate surface area is 154 Å². The number of rotatable bonds is 7. The highest BCUT2D eigenvalue weighted by Gasteiger charge is 2.12. The van der Waals surface area contributed by atoms with Crippen LogP contribution in [0.5, 0.6) is 5.75 Å². The minimum Gasteiger partial charge on any atom is -0.496 e. The lowest BCUT2D eigenvalue weighted by Crippen LogP contribution is -2.30. The second-order valence-corrected chi connectivity index (χ2v) is 5.62. The van der Waals surface area contributed by atoms with E-state index in [9.17, 15) is 9.59 Å². The van der Waals surface area contributed by atoms with Crippen LogP contribution in [0.15, 0.2) is 54.6 Å². The summed E-state index contributed by atoms with van der Waals surface area (Å²) in [7, 11) is 1.59. The van der Waals surface area contributed by atoms with E-state index >= 15 is 0 Å². The molecule has 26 heavy (non-hydrogen) atoms. The molecule has 0 atom stereocenters. The Morgan fingerprint density at radius 1 is 1.04 bits per heavy atom. The van der Waals surface area contributed by atoms with Crippen molar-refractivity contribution in [3.8, 4) is 5.75 Å². The molecule has 5 heteroatoms. The molecule has 0 spiro atoms. The lowest BCUT2D eigenvalue weighted by molar-refractivity contribution is -0.111. The number of hydrogen-bond donors (Lipinski definition) is 1. The van der Waals surface area contributed by atoms with Gasteiger partial charge in [0.2, 0.25) is 5.91 Å². The van der Waals surface area contributed by atoms with E-state index in [-0.39, 0.29) is 11.8 Å².